The smallest absolute Gasteiger partial charge is 0.223 e. The molecule has 5 atom stereocenters. The minimum absolute atomic E-state index is 0.0381. The van der Waals surface area contributed by atoms with Crippen molar-refractivity contribution in [2.24, 2.45) is 23.2 Å². The molecule has 0 bridgehead atoms. The fourth-order valence-electron chi connectivity index (χ4n) is 5.18. The molecule has 7 heteroatoms. The largest absolute Gasteiger partial charge is 0.412 e. The van der Waals surface area contributed by atoms with E-state index in [2.05, 4.69) is 90.1 Å². The summed E-state index contributed by atoms with van der Waals surface area (Å²) in [6.07, 6.45) is 10.1. The lowest BCUT2D eigenvalue weighted by Crippen LogP contribution is -2.53. The molecule has 1 amide bonds. The predicted molar refractivity (Wildman–Crippen MR) is 173 cm³/mol. The van der Waals surface area contributed by atoms with Crippen LogP contribution in [-0.4, -0.2) is 37.1 Å². The fourth-order valence-corrected chi connectivity index (χ4v) is 7.20. The van der Waals surface area contributed by atoms with Crippen LogP contribution in [0.5, 0.6) is 0 Å². The van der Waals surface area contributed by atoms with Gasteiger partial charge in [-0.15, -0.1) is 11.3 Å². The summed E-state index contributed by atoms with van der Waals surface area (Å²) in [7, 11) is -2.27. The molecule has 0 saturated heterocycles. The van der Waals surface area contributed by atoms with E-state index in [4.69, 9.17) is 4.43 Å². The molecule has 0 fully saturated rings. The Morgan fingerprint density at radius 2 is 1.82 bits per heavy atom. The Bertz CT molecular complexity index is 1070. The molecule has 1 aliphatic heterocycles. The van der Waals surface area contributed by atoms with Crippen molar-refractivity contribution in [1.82, 2.24) is 10.3 Å². The molecule has 0 aromatic carbocycles. The van der Waals surface area contributed by atoms with Crippen molar-refractivity contribution in [2.45, 2.75) is 132 Å². The first-order valence-corrected chi connectivity index (χ1v) is 18.9. The maximum absolute atomic E-state index is 14.1. The average molecular weight is 589 g/mol. The van der Waals surface area contributed by atoms with E-state index >= 15 is 0 Å². The van der Waals surface area contributed by atoms with Gasteiger partial charge in [-0.05, 0) is 74.7 Å². The minimum Gasteiger partial charge on any atom is -0.412 e. The van der Waals surface area contributed by atoms with Crippen molar-refractivity contribution in [3.05, 3.63) is 33.8 Å². The highest BCUT2D eigenvalue weighted by molar-refractivity contribution is 7.09. The van der Waals surface area contributed by atoms with Gasteiger partial charge in [-0.25, -0.2) is 4.98 Å². The summed E-state index contributed by atoms with van der Waals surface area (Å²) in [5.41, 5.74) is 1.20. The molecule has 0 saturated carbocycles. The van der Waals surface area contributed by atoms with Crippen LogP contribution in [0.3, 0.4) is 0 Å². The Morgan fingerprint density at radius 3 is 2.40 bits per heavy atom. The monoisotopic (exact) mass is 588 g/mol. The SMILES string of the molecule is C/C(=C\c1csc(C)n1)[C@@H]1C/C=C\CCC[C@H](C)[C@@H](C)[C@H](C)C(=O)C(C)(C)[C@@H](O[Si](C)(C)C(C)(C)C)CC(=O)N1. The van der Waals surface area contributed by atoms with Gasteiger partial charge in [0.1, 0.15) is 5.78 Å². The van der Waals surface area contributed by atoms with Crippen molar-refractivity contribution in [3.8, 4) is 0 Å². The summed E-state index contributed by atoms with van der Waals surface area (Å²) in [5.74, 6) is 0.714. The molecule has 5 nitrogen and oxygen atoms in total. The molecule has 1 N–H and O–H groups in total. The van der Waals surface area contributed by atoms with Crippen LogP contribution in [0.2, 0.25) is 18.1 Å². The lowest BCUT2D eigenvalue weighted by molar-refractivity contribution is -0.140. The Kier molecular flexibility index (Phi) is 12.2. The topological polar surface area (TPSA) is 68.3 Å². The number of hydrogen-bond donors (Lipinski definition) is 1. The summed E-state index contributed by atoms with van der Waals surface area (Å²) in [4.78, 5) is 32.4. The average Bonchev–Trinajstić information content (AvgIpc) is 3.25. The molecule has 40 heavy (non-hydrogen) atoms. The highest BCUT2D eigenvalue weighted by Crippen LogP contribution is 2.42. The normalized spacial score (nSPS) is 29.2. The third kappa shape index (κ3) is 9.22. The standard InChI is InChI=1S/C33H56N2O3SSi/c1-22-17-15-13-14-16-18-28(23(2)19-27-21-39-26(5)34-27)35-30(36)20-29(38-40(11,12)32(6,7)8)33(9,10)31(37)25(4)24(22)3/h14,16,19,21-22,24-25,28-29H,13,15,17-18,20H2,1-12H3,(H,35,36)/b16-14-,23-19+/t22-,24+,25-,28-,29-/m0/s1. The van der Waals surface area contributed by atoms with Gasteiger partial charge >= 0.3 is 0 Å². The second-order valence-electron chi connectivity index (χ2n) is 14.2. The van der Waals surface area contributed by atoms with E-state index < -0.39 is 19.8 Å². The molecule has 1 aromatic rings. The number of allylic oxidation sites excluding steroid dienone is 1. The van der Waals surface area contributed by atoms with Crippen LogP contribution in [0.15, 0.2) is 23.1 Å². The first kappa shape index (κ1) is 34.6. The summed E-state index contributed by atoms with van der Waals surface area (Å²) < 4.78 is 6.93. The van der Waals surface area contributed by atoms with Crippen molar-refractivity contribution in [2.75, 3.05) is 0 Å². The molecule has 2 rings (SSSR count). The number of aryl methyl sites for hydroxylation is 1. The second-order valence-corrected chi connectivity index (χ2v) is 20.0. The number of rotatable bonds is 4. The van der Waals surface area contributed by atoms with Crippen LogP contribution in [0.25, 0.3) is 6.08 Å². The van der Waals surface area contributed by atoms with E-state index in [-0.39, 0.29) is 41.0 Å². The number of amides is 1. The van der Waals surface area contributed by atoms with Crippen LogP contribution >= 0.6 is 11.3 Å². The van der Waals surface area contributed by atoms with Crippen LogP contribution in [0.1, 0.15) is 105 Å². The van der Waals surface area contributed by atoms with Crippen LogP contribution in [0, 0.1) is 30.1 Å². The number of nitrogens with zero attached hydrogens (tertiary/aromatic N) is 1. The molecule has 2 heterocycles. The molecular formula is C33H56N2O3SSi. The highest BCUT2D eigenvalue weighted by atomic mass is 32.1. The third-order valence-electron chi connectivity index (χ3n) is 9.62. The number of Topliss-reactive ketones (excluding diaryl/α,β-unsaturated/α-hetero) is 1. The molecular weight excluding hydrogens is 533 g/mol. The van der Waals surface area contributed by atoms with Crippen molar-refractivity contribution in [3.63, 3.8) is 0 Å². The summed E-state index contributed by atoms with van der Waals surface area (Å²) >= 11 is 1.63. The van der Waals surface area contributed by atoms with Crippen molar-refractivity contribution >= 4 is 37.4 Å². The number of carbonyl (C=O) groups is 2. The predicted octanol–water partition coefficient (Wildman–Crippen LogP) is 8.75. The molecule has 1 aromatic heterocycles. The number of aromatic nitrogens is 1. The van der Waals surface area contributed by atoms with Gasteiger partial charge in [0.15, 0.2) is 8.32 Å². The second kappa shape index (κ2) is 14.1. The van der Waals surface area contributed by atoms with E-state index in [9.17, 15) is 9.59 Å². The summed E-state index contributed by atoms with van der Waals surface area (Å²) in [6, 6.07) is -0.149. The van der Waals surface area contributed by atoms with Crippen LogP contribution in [0.4, 0.5) is 0 Å². The maximum atomic E-state index is 14.1. The van der Waals surface area contributed by atoms with E-state index in [1.807, 2.05) is 26.2 Å². The van der Waals surface area contributed by atoms with Crippen molar-refractivity contribution < 1.29 is 14.0 Å². The Balaban J connectivity index is 2.49. The van der Waals surface area contributed by atoms with Gasteiger partial charge in [0.25, 0.3) is 0 Å². The van der Waals surface area contributed by atoms with E-state index in [1.54, 1.807) is 11.3 Å². The van der Waals surface area contributed by atoms with Crippen molar-refractivity contribution in [1.29, 1.82) is 0 Å². The summed E-state index contributed by atoms with van der Waals surface area (Å²) in [5, 5.41) is 6.34. The van der Waals surface area contributed by atoms with E-state index in [1.165, 1.54) is 0 Å². The zero-order valence-corrected chi connectivity index (χ0v) is 29.1. The lowest BCUT2D eigenvalue weighted by atomic mass is 9.70. The number of hydrogen-bond acceptors (Lipinski definition) is 5. The van der Waals surface area contributed by atoms with Gasteiger partial charge < -0.3 is 9.74 Å². The number of nitrogens with one attached hydrogen (secondary N) is 1. The van der Waals surface area contributed by atoms with Gasteiger partial charge in [0.05, 0.1) is 29.3 Å². The van der Waals surface area contributed by atoms with Crippen LogP contribution < -0.4 is 5.32 Å². The number of carbonyl (C=O) groups excluding carboxylic acids is 2. The third-order valence-corrected chi connectivity index (χ3v) is 14.9. The maximum Gasteiger partial charge on any atom is 0.223 e. The number of ketones is 1. The molecule has 0 unspecified atom stereocenters. The molecule has 226 valence electrons. The zero-order valence-electron chi connectivity index (χ0n) is 27.3. The summed E-state index contributed by atoms with van der Waals surface area (Å²) in [6.45, 7) is 25.6. The Labute approximate surface area is 249 Å². The quantitative estimate of drug-likeness (QED) is 0.282. The molecule has 0 spiro atoms. The van der Waals surface area contributed by atoms with Crippen LogP contribution in [-0.2, 0) is 14.0 Å². The number of thiazole rings is 1. The molecule has 0 aliphatic carbocycles. The Morgan fingerprint density at radius 1 is 1.18 bits per heavy atom. The highest BCUT2D eigenvalue weighted by Gasteiger charge is 2.47. The molecule has 0 radical (unpaired) electrons. The fraction of sp³-hybridized carbons (Fsp3) is 0.727. The van der Waals surface area contributed by atoms with Gasteiger partial charge in [0, 0.05) is 16.7 Å². The van der Waals surface area contributed by atoms with E-state index in [0.29, 0.717) is 5.92 Å². The first-order chi connectivity index (χ1) is 18.4. The lowest BCUT2D eigenvalue weighted by Gasteiger charge is -2.45. The zero-order chi connectivity index (χ0) is 30.5. The molecule has 1 aliphatic rings. The van der Waals surface area contributed by atoms with Gasteiger partial charge in [0.2, 0.25) is 5.91 Å². The minimum atomic E-state index is -2.27. The Hall–Kier alpha value is -1.57. The van der Waals surface area contributed by atoms with Gasteiger partial charge in [-0.2, -0.15) is 0 Å². The van der Waals surface area contributed by atoms with E-state index in [0.717, 1.165) is 42.0 Å². The first-order valence-electron chi connectivity index (χ1n) is 15.1. The van der Waals surface area contributed by atoms with Gasteiger partial charge in [-0.3, -0.25) is 9.59 Å². The van der Waals surface area contributed by atoms with Gasteiger partial charge in [-0.1, -0.05) is 74.0 Å².